The quantitative estimate of drug-likeness (QED) is 0.480. The second kappa shape index (κ2) is 6.89. The molecule has 0 amide bonds. The number of benzene rings is 1. The van der Waals surface area contributed by atoms with Crippen LogP contribution in [0.5, 0.6) is 0 Å². The van der Waals surface area contributed by atoms with Crippen molar-refractivity contribution in [2.24, 2.45) is 0 Å². The number of nitrogens with zero attached hydrogens (tertiary/aromatic N) is 3. The lowest BCUT2D eigenvalue weighted by molar-refractivity contribution is -0.383. The van der Waals surface area contributed by atoms with E-state index in [9.17, 15) is 10.1 Å². The van der Waals surface area contributed by atoms with E-state index in [4.69, 9.17) is 0 Å². The lowest BCUT2D eigenvalue weighted by Gasteiger charge is -2.09. The molecule has 0 spiro atoms. The first-order valence-electron chi connectivity index (χ1n) is 6.30. The van der Waals surface area contributed by atoms with Crippen LogP contribution in [0.1, 0.15) is 6.92 Å². The van der Waals surface area contributed by atoms with Crippen LogP contribution in [0.15, 0.2) is 35.5 Å². The predicted octanol–water partition coefficient (Wildman–Crippen LogP) is 3.28. The lowest BCUT2D eigenvalue weighted by Crippen LogP contribution is -2.07. The summed E-state index contributed by atoms with van der Waals surface area (Å²) >= 11 is 1.60. The third-order valence-electron chi connectivity index (χ3n) is 2.68. The van der Waals surface area contributed by atoms with E-state index < -0.39 is 4.92 Å². The summed E-state index contributed by atoms with van der Waals surface area (Å²) in [6.45, 7) is 2.39. The van der Waals surface area contributed by atoms with Crippen molar-refractivity contribution in [1.82, 2.24) is 9.97 Å². The zero-order valence-corrected chi connectivity index (χ0v) is 12.5. The first kappa shape index (κ1) is 15.0. The van der Waals surface area contributed by atoms with Gasteiger partial charge in [0.1, 0.15) is 6.33 Å². The van der Waals surface area contributed by atoms with Crippen molar-refractivity contribution in [3.05, 3.63) is 40.7 Å². The average molecular weight is 305 g/mol. The molecule has 2 rings (SSSR count). The normalized spacial score (nSPS) is 10.2. The third kappa shape index (κ3) is 3.60. The van der Waals surface area contributed by atoms with Crippen LogP contribution in [0.3, 0.4) is 0 Å². The number of hydrogen-bond donors (Lipinski definition) is 2. The van der Waals surface area contributed by atoms with E-state index in [1.807, 2.05) is 37.4 Å². The Balaban J connectivity index is 2.38. The van der Waals surface area contributed by atoms with Gasteiger partial charge in [0.2, 0.25) is 11.6 Å². The fraction of sp³-hybridized carbons (Fsp3) is 0.231. The number of thioether (sulfide) groups is 1. The molecule has 2 N–H and O–H groups in total. The average Bonchev–Trinajstić information content (AvgIpc) is 2.47. The van der Waals surface area contributed by atoms with E-state index in [1.165, 1.54) is 6.33 Å². The maximum atomic E-state index is 11.3. The Hall–Kier alpha value is -2.35. The maximum absolute atomic E-state index is 11.3. The lowest BCUT2D eigenvalue weighted by atomic mass is 10.3. The summed E-state index contributed by atoms with van der Waals surface area (Å²) in [5, 5.41) is 17.1. The van der Waals surface area contributed by atoms with Gasteiger partial charge in [-0.25, -0.2) is 9.97 Å². The van der Waals surface area contributed by atoms with Crippen molar-refractivity contribution in [3.63, 3.8) is 0 Å². The zero-order valence-electron chi connectivity index (χ0n) is 11.7. The summed E-state index contributed by atoms with van der Waals surface area (Å²) < 4.78 is 0. The smallest absolute Gasteiger partial charge is 0.353 e. The highest BCUT2D eigenvalue weighted by Crippen LogP contribution is 2.31. The number of aromatic nitrogens is 2. The van der Waals surface area contributed by atoms with Crippen LogP contribution in [0.2, 0.25) is 0 Å². The molecule has 1 aromatic heterocycles. The van der Waals surface area contributed by atoms with Crippen molar-refractivity contribution in [2.75, 3.05) is 23.4 Å². The Labute approximate surface area is 126 Å². The van der Waals surface area contributed by atoms with Crippen molar-refractivity contribution in [2.45, 2.75) is 11.8 Å². The molecule has 0 atom stereocenters. The van der Waals surface area contributed by atoms with Gasteiger partial charge in [-0.1, -0.05) is 6.07 Å². The summed E-state index contributed by atoms with van der Waals surface area (Å²) in [5.74, 6) is 0.380. The molecular weight excluding hydrogens is 290 g/mol. The van der Waals surface area contributed by atoms with E-state index in [1.54, 1.807) is 11.8 Å². The minimum absolute atomic E-state index is 0.158. The molecule has 0 saturated heterocycles. The van der Waals surface area contributed by atoms with Crippen LogP contribution in [-0.2, 0) is 0 Å². The molecule has 0 unspecified atom stereocenters. The van der Waals surface area contributed by atoms with Crippen molar-refractivity contribution in [1.29, 1.82) is 0 Å². The van der Waals surface area contributed by atoms with Gasteiger partial charge in [-0.3, -0.25) is 10.1 Å². The van der Waals surface area contributed by atoms with E-state index in [0.29, 0.717) is 6.54 Å². The van der Waals surface area contributed by atoms with Crippen molar-refractivity contribution < 1.29 is 4.92 Å². The molecule has 0 aliphatic carbocycles. The Morgan fingerprint density at radius 1 is 1.33 bits per heavy atom. The molecule has 21 heavy (non-hydrogen) atoms. The van der Waals surface area contributed by atoms with Crippen molar-refractivity contribution >= 4 is 34.8 Å². The standard InChI is InChI=1S/C13H15N5O2S/c1-3-14-12-11(18(19)20)13(16-8-15-12)17-9-5-4-6-10(7-9)21-2/h4-8H,3H2,1-2H3,(H2,14,15,16,17). The summed E-state index contributed by atoms with van der Waals surface area (Å²) in [7, 11) is 0. The molecule has 0 aliphatic rings. The van der Waals surface area contributed by atoms with Crippen LogP contribution >= 0.6 is 11.8 Å². The number of rotatable bonds is 6. The number of anilines is 3. The first-order chi connectivity index (χ1) is 10.2. The molecule has 8 heteroatoms. The van der Waals surface area contributed by atoms with E-state index in [0.717, 1.165) is 10.6 Å². The highest BCUT2D eigenvalue weighted by molar-refractivity contribution is 7.98. The molecule has 0 fully saturated rings. The number of nitrogens with one attached hydrogen (secondary N) is 2. The molecule has 0 aliphatic heterocycles. The summed E-state index contributed by atoms with van der Waals surface area (Å²) in [5.41, 5.74) is 0.583. The summed E-state index contributed by atoms with van der Waals surface area (Å²) in [6, 6.07) is 7.59. The fourth-order valence-electron chi connectivity index (χ4n) is 1.78. The molecule has 110 valence electrons. The van der Waals surface area contributed by atoms with Gasteiger partial charge in [-0.05, 0) is 31.4 Å². The van der Waals surface area contributed by atoms with Gasteiger partial charge in [0.25, 0.3) is 0 Å². The molecule has 7 nitrogen and oxygen atoms in total. The molecule has 0 radical (unpaired) electrons. The van der Waals surface area contributed by atoms with Gasteiger partial charge in [-0.15, -0.1) is 11.8 Å². The van der Waals surface area contributed by atoms with Crippen LogP contribution in [-0.4, -0.2) is 27.7 Å². The van der Waals surface area contributed by atoms with Crippen molar-refractivity contribution in [3.8, 4) is 0 Å². The molecule has 2 aromatic rings. The van der Waals surface area contributed by atoms with Gasteiger partial charge in [0.15, 0.2) is 0 Å². The van der Waals surface area contributed by atoms with E-state index in [-0.39, 0.29) is 17.3 Å². The summed E-state index contributed by atoms with van der Waals surface area (Å²) in [6.07, 6.45) is 3.27. The van der Waals surface area contributed by atoms with Gasteiger partial charge in [0.05, 0.1) is 4.92 Å². The molecule has 1 aromatic carbocycles. The van der Waals surface area contributed by atoms with E-state index >= 15 is 0 Å². The van der Waals surface area contributed by atoms with E-state index in [2.05, 4.69) is 20.6 Å². The zero-order chi connectivity index (χ0) is 15.2. The fourth-order valence-corrected chi connectivity index (χ4v) is 2.24. The Bertz CT molecular complexity index is 650. The minimum atomic E-state index is -0.487. The van der Waals surface area contributed by atoms with Crippen LogP contribution in [0.25, 0.3) is 0 Å². The molecule has 0 saturated carbocycles. The first-order valence-corrected chi connectivity index (χ1v) is 7.52. The number of nitro groups is 1. The summed E-state index contributed by atoms with van der Waals surface area (Å²) in [4.78, 5) is 19.7. The molecule has 1 heterocycles. The Kier molecular flexibility index (Phi) is 4.94. The molecule has 0 bridgehead atoms. The van der Waals surface area contributed by atoms with Gasteiger partial charge >= 0.3 is 5.69 Å². The topological polar surface area (TPSA) is 93.0 Å². The number of hydrogen-bond acceptors (Lipinski definition) is 7. The third-order valence-corrected chi connectivity index (χ3v) is 3.41. The van der Waals surface area contributed by atoms with Crippen LogP contribution in [0.4, 0.5) is 23.0 Å². The SMILES string of the molecule is CCNc1ncnc(Nc2cccc(SC)c2)c1[N+](=O)[O-]. The predicted molar refractivity (Wildman–Crippen MR) is 84.4 cm³/mol. The largest absolute Gasteiger partial charge is 0.364 e. The highest BCUT2D eigenvalue weighted by Gasteiger charge is 2.22. The van der Waals surface area contributed by atoms with Gasteiger partial charge in [0, 0.05) is 17.1 Å². The van der Waals surface area contributed by atoms with Crippen LogP contribution < -0.4 is 10.6 Å². The molecular formula is C13H15N5O2S. The van der Waals surface area contributed by atoms with Gasteiger partial charge in [-0.2, -0.15) is 0 Å². The van der Waals surface area contributed by atoms with Crippen LogP contribution in [0, 0.1) is 10.1 Å². The monoisotopic (exact) mass is 305 g/mol. The Morgan fingerprint density at radius 2 is 2.10 bits per heavy atom. The minimum Gasteiger partial charge on any atom is -0.364 e. The second-order valence-electron chi connectivity index (χ2n) is 4.06. The maximum Gasteiger partial charge on any atom is 0.353 e. The Morgan fingerprint density at radius 3 is 2.76 bits per heavy atom. The van der Waals surface area contributed by atoms with Gasteiger partial charge < -0.3 is 10.6 Å². The highest BCUT2D eigenvalue weighted by atomic mass is 32.2. The second-order valence-corrected chi connectivity index (χ2v) is 4.94.